The summed E-state index contributed by atoms with van der Waals surface area (Å²) < 4.78 is 22.2. The average Bonchev–Trinajstić information content (AvgIpc) is 3.20. The molecule has 0 radical (unpaired) electrons. The molecule has 2 N–H and O–H groups in total. The summed E-state index contributed by atoms with van der Waals surface area (Å²) in [5.74, 6) is 2.54. The van der Waals surface area contributed by atoms with Gasteiger partial charge in [0.15, 0.2) is 11.5 Å². The molecule has 8 heteroatoms. The van der Waals surface area contributed by atoms with Gasteiger partial charge in [-0.15, -0.1) is 0 Å². The van der Waals surface area contributed by atoms with Crippen molar-refractivity contribution in [3.8, 4) is 23.0 Å². The molecule has 2 aromatic rings. The number of carbonyl (C=O) groups excluding carboxylic acids is 1. The molecule has 0 aliphatic carbocycles. The van der Waals surface area contributed by atoms with Crippen LogP contribution in [0, 0.1) is 0 Å². The Hall–Kier alpha value is -2.97. The third kappa shape index (κ3) is 6.38. The van der Waals surface area contributed by atoms with E-state index in [4.69, 9.17) is 18.9 Å². The standard InChI is InChI=1S/C27H36N2O6/c1-18-4-5-19(2)29(18)17-23(27(31)20-6-11-24-25(16-20)35-15-14-34-24)28-26(30)12-13-33-22-9-7-21(32-3)8-10-22/h6-11,16,18-19,23,27,31H,4-5,12-15,17H2,1-3H3,(H,28,30)/t18-,19-,23-,27-/m1/s1. The molecule has 2 aliphatic rings. The lowest BCUT2D eigenvalue weighted by Crippen LogP contribution is -2.49. The number of likely N-dealkylation sites (tertiary alicyclic amines) is 1. The second-order valence-corrected chi connectivity index (χ2v) is 9.27. The molecule has 1 amide bonds. The highest BCUT2D eigenvalue weighted by Gasteiger charge is 2.33. The fourth-order valence-electron chi connectivity index (χ4n) is 4.75. The SMILES string of the molecule is COc1ccc(OCCC(=O)N[C@H](CN2[C@H](C)CC[C@H]2C)[C@H](O)c2ccc3c(c2)OCCO3)cc1. The number of rotatable bonds is 10. The predicted molar refractivity (Wildman–Crippen MR) is 132 cm³/mol. The van der Waals surface area contributed by atoms with Crippen LogP contribution in [0.25, 0.3) is 0 Å². The summed E-state index contributed by atoms with van der Waals surface area (Å²) in [6.45, 7) is 6.17. The second kappa shape index (κ2) is 11.6. The Bertz CT molecular complexity index is 972. The number of ether oxygens (including phenoxy) is 4. The second-order valence-electron chi connectivity index (χ2n) is 9.27. The number of fused-ring (bicyclic) bond motifs is 1. The number of amides is 1. The van der Waals surface area contributed by atoms with E-state index in [1.807, 2.05) is 30.3 Å². The van der Waals surface area contributed by atoms with Crippen LogP contribution in [0.3, 0.4) is 0 Å². The first-order valence-electron chi connectivity index (χ1n) is 12.3. The summed E-state index contributed by atoms with van der Waals surface area (Å²) in [7, 11) is 1.61. The van der Waals surface area contributed by atoms with Crippen LogP contribution < -0.4 is 24.3 Å². The number of aliphatic hydroxyl groups excluding tert-OH is 1. The predicted octanol–water partition coefficient (Wildman–Crippen LogP) is 3.33. The van der Waals surface area contributed by atoms with Crippen LogP contribution in [0.15, 0.2) is 42.5 Å². The first-order chi connectivity index (χ1) is 16.9. The Labute approximate surface area is 207 Å². The quantitative estimate of drug-likeness (QED) is 0.535. The van der Waals surface area contributed by atoms with Crippen LogP contribution in [0.1, 0.15) is 44.8 Å². The molecule has 4 rings (SSSR count). The summed E-state index contributed by atoms with van der Waals surface area (Å²) in [6, 6.07) is 13.0. The molecular weight excluding hydrogens is 448 g/mol. The number of aliphatic hydroxyl groups is 1. The maximum Gasteiger partial charge on any atom is 0.223 e. The number of nitrogens with zero attached hydrogens (tertiary/aromatic N) is 1. The summed E-state index contributed by atoms with van der Waals surface area (Å²) in [4.78, 5) is 15.2. The summed E-state index contributed by atoms with van der Waals surface area (Å²) in [5, 5.41) is 14.4. The summed E-state index contributed by atoms with van der Waals surface area (Å²) >= 11 is 0. The molecule has 0 saturated carbocycles. The highest BCUT2D eigenvalue weighted by Crippen LogP contribution is 2.34. The van der Waals surface area contributed by atoms with Crippen molar-refractivity contribution >= 4 is 5.91 Å². The smallest absolute Gasteiger partial charge is 0.223 e. The van der Waals surface area contributed by atoms with E-state index in [1.54, 1.807) is 19.2 Å². The Morgan fingerprint density at radius 1 is 1.06 bits per heavy atom. The molecule has 190 valence electrons. The summed E-state index contributed by atoms with van der Waals surface area (Å²) in [5.41, 5.74) is 0.688. The minimum Gasteiger partial charge on any atom is -0.497 e. The van der Waals surface area contributed by atoms with Crippen molar-refractivity contribution in [2.24, 2.45) is 0 Å². The number of hydrogen-bond donors (Lipinski definition) is 2. The molecule has 2 aliphatic heterocycles. The number of carbonyl (C=O) groups is 1. The molecule has 0 unspecified atom stereocenters. The summed E-state index contributed by atoms with van der Waals surface area (Å²) in [6.07, 6.45) is 1.51. The van der Waals surface area contributed by atoms with Gasteiger partial charge in [0.2, 0.25) is 5.91 Å². The fraction of sp³-hybridized carbons (Fsp3) is 0.519. The van der Waals surface area contributed by atoms with Crippen molar-refractivity contribution in [3.63, 3.8) is 0 Å². The first kappa shape index (κ1) is 25.1. The number of hydrogen-bond acceptors (Lipinski definition) is 7. The zero-order valence-corrected chi connectivity index (χ0v) is 20.7. The van der Waals surface area contributed by atoms with Crippen LogP contribution in [-0.4, -0.2) is 67.5 Å². The Morgan fingerprint density at radius 3 is 2.40 bits per heavy atom. The van der Waals surface area contributed by atoms with Crippen molar-refractivity contribution in [3.05, 3.63) is 48.0 Å². The Kier molecular flexibility index (Phi) is 8.36. The van der Waals surface area contributed by atoms with Gasteiger partial charge in [0.1, 0.15) is 30.8 Å². The van der Waals surface area contributed by atoms with Crippen molar-refractivity contribution < 1.29 is 28.8 Å². The van der Waals surface area contributed by atoms with Crippen LogP contribution in [0.2, 0.25) is 0 Å². The highest BCUT2D eigenvalue weighted by molar-refractivity contribution is 5.76. The average molecular weight is 485 g/mol. The molecule has 1 fully saturated rings. The lowest BCUT2D eigenvalue weighted by atomic mass is 10.00. The normalized spacial score (nSPS) is 21.3. The van der Waals surface area contributed by atoms with Crippen molar-refractivity contribution in [1.82, 2.24) is 10.2 Å². The van der Waals surface area contributed by atoms with Gasteiger partial charge in [0, 0.05) is 18.6 Å². The van der Waals surface area contributed by atoms with Gasteiger partial charge in [-0.25, -0.2) is 0 Å². The van der Waals surface area contributed by atoms with Crippen molar-refractivity contribution in [2.75, 3.05) is 33.5 Å². The van der Waals surface area contributed by atoms with Crippen LogP contribution in [0.5, 0.6) is 23.0 Å². The zero-order chi connectivity index (χ0) is 24.8. The Balaban J connectivity index is 1.41. The third-order valence-corrected chi connectivity index (χ3v) is 6.83. The first-order valence-corrected chi connectivity index (χ1v) is 12.3. The van der Waals surface area contributed by atoms with Gasteiger partial charge >= 0.3 is 0 Å². The number of nitrogens with one attached hydrogen (secondary N) is 1. The number of methoxy groups -OCH3 is 1. The van der Waals surface area contributed by atoms with E-state index in [9.17, 15) is 9.90 Å². The van der Waals surface area contributed by atoms with E-state index in [2.05, 4.69) is 24.1 Å². The third-order valence-electron chi connectivity index (χ3n) is 6.83. The molecule has 4 atom stereocenters. The molecule has 1 saturated heterocycles. The van der Waals surface area contributed by atoms with Crippen LogP contribution >= 0.6 is 0 Å². The lowest BCUT2D eigenvalue weighted by molar-refractivity contribution is -0.123. The molecule has 2 aromatic carbocycles. The van der Waals surface area contributed by atoms with E-state index >= 15 is 0 Å². The molecule has 2 heterocycles. The number of benzene rings is 2. The van der Waals surface area contributed by atoms with Crippen molar-refractivity contribution in [2.45, 2.75) is 57.3 Å². The lowest BCUT2D eigenvalue weighted by Gasteiger charge is -2.33. The van der Waals surface area contributed by atoms with Gasteiger partial charge in [0.25, 0.3) is 0 Å². The minimum absolute atomic E-state index is 0.167. The van der Waals surface area contributed by atoms with E-state index in [0.29, 0.717) is 54.7 Å². The zero-order valence-electron chi connectivity index (χ0n) is 20.7. The highest BCUT2D eigenvalue weighted by atomic mass is 16.6. The van der Waals surface area contributed by atoms with E-state index in [0.717, 1.165) is 18.6 Å². The van der Waals surface area contributed by atoms with Crippen LogP contribution in [-0.2, 0) is 4.79 Å². The maximum atomic E-state index is 12.9. The van der Waals surface area contributed by atoms with Gasteiger partial charge in [-0.1, -0.05) is 6.07 Å². The largest absolute Gasteiger partial charge is 0.497 e. The van der Waals surface area contributed by atoms with E-state index in [-0.39, 0.29) is 18.9 Å². The van der Waals surface area contributed by atoms with Gasteiger partial charge in [0.05, 0.1) is 26.2 Å². The molecule has 8 nitrogen and oxygen atoms in total. The van der Waals surface area contributed by atoms with Gasteiger partial charge in [-0.3, -0.25) is 9.69 Å². The fourth-order valence-corrected chi connectivity index (χ4v) is 4.75. The van der Waals surface area contributed by atoms with E-state index < -0.39 is 12.1 Å². The van der Waals surface area contributed by atoms with Gasteiger partial charge < -0.3 is 29.4 Å². The molecule has 0 aromatic heterocycles. The van der Waals surface area contributed by atoms with Crippen molar-refractivity contribution in [1.29, 1.82) is 0 Å². The Morgan fingerprint density at radius 2 is 1.71 bits per heavy atom. The topological polar surface area (TPSA) is 89.5 Å². The van der Waals surface area contributed by atoms with Gasteiger partial charge in [-0.05, 0) is 68.7 Å². The monoisotopic (exact) mass is 484 g/mol. The minimum atomic E-state index is -0.891. The maximum absolute atomic E-state index is 12.9. The van der Waals surface area contributed by atoms with Gasteiger partial charge in [-0.2, -0.15) is 0 Å². The van der Waals surface area contributed by atoms with Crippen LogP contribution in [0.4, 0.5) is 0 Å². The molecular formula is C27H36N2O6. The molecule has 0 bridgehead atoms. The molecule has 35 heavy (non-hydrogen) atoms. The van der Waals surface area contributed by atoms with E-state index in [1.165, 1.54) is 0 Å². The molecule has 0 spiro atoms.